The van der Waals surface area contributed by atoms with E-state index in [4.69, 9.17) is 5.11 Å². The van der Waals surface area contributed by atoms with Crippen LogP contribution in [0.3, 0.4) is 0 Å². The molecule has 1 fully saturated rings. The normalized spacial score (nSPS) is 25.2. The van der Waals surface area contributed by atoms with E-state index in [9.17, 15) is 4.79 Å². The second-order valence-electron chi connectivity index (χ2n) is 5.71. The van der Waals surface area contributed by atoms with Crippen molar-refractivity contribution in [2.45, 2.75) is 38.1 Å². The molecule has 6 nitrogen and oxygen atoms in total. The first kappa shape index (κ1) is 12.6. The van der Waals surface area contributed by atoms with Gasteiger partial charge in [-0.1, -0.05) is 0 Å². The first-order chi connectivity index (χ1) is 9.13. The van der Waals surface area contributed by atoms with Crippen molar-refractivity contribution in [2.75, 3.05) is 20.1 Å². The fourth-order valence-electron chi connectivity index (χ4n) is 2.97. The van der Waals surface area contributed by atoms with Crippen LogP contribution in [0.1, 0.15) is 36.8 Å². The van der Waals surface area contributed by atoms with E-state index in [-0.39, 0.29) is 5.92 Å². The molecule has 3 heterocycles. The number of nitrogens with zero attached hydrogens (tertiary/aromatic N) is 4. The molecule has 1 aromatic heterocycles. The molecule has 6 heteroatoms. The van der Waals surface area contributed by atoms with Crippen LogP contribution in [0.2, 0.25) is 0 Å². The van der Waals surface area contributed by atoms with Crippen molar-refractivity contribution in [2.24, 2.45) is 5.92 Å². The van der Waals surface area contributed by atoms with Gasteiger partial charge in [0.25, 0.3) is 0 Å². The summed E-state index contributed by atoms with van der Waals surface area (Å²) in [5, 5.41) is 13.7. The van der Waals surface area contributed by atoms with Gasteiger partial charge in [-0.3, -0.25) is 4.79 Å². The monoisotopic (exact) mass is 264 g/mol. The number of aromatic nitrogens is 3. The molecule has 104 valence electrons. The van der Waals surface area contributed by atoms with E-state index in [0.717, 1.165) is 37.6 Å². The standard InChI is InChI=1S/C13H20N4O2/c1-16-5-2-9(3-6-16)12-14-11-8-10(13(18)19)4-7-17(11)15-12/h9-10H,2-8H2,1H3,(H,18,19). The molecule has 0 spiro atoms. The summed E-state index contributed by atoms with van der Waals surface area (Å²) in [6.07, 6.45) is 3.39. The maximum absolute atomic E-state index is 11.0. The lowest BCUT2D eigenvalue weighted by Crippen LogP contribution is -2.29. The van der Waals surface area contributed by atoms with Crippen molar-refractivity contribution in [3.05, 3.63) is 11.6 Å². The molecule has 1 N–H and O–H groups in total. The Bertz CT molecular complexity index is 477. The summed E-state index contributed by atoms with van der Waals surface area (Å²) >= 11 is 0. The number of aryl methyl sites for hydroxylation is 1. The summed E-state index contributed by atoms with van der Waals surface area (Å²) in [7, 11) is 2.14. The van der Waals surface area contributed by atoms with Crippen LogP contribution in [0.5, 0.6) is 0 Å². The van der Waals surface area contributed by atoms with E-state index in [0.29, 0.717) is 25.3 Å². The molecule has 2 aliphatic rings. The van der Waals surface area contributed by atoms with Gasteiger partial charge >= 0.3 is 5.97 Å². The van der Waals surface area contributed by atoms with Crippen molar-refractivity contribution in [3.63, 3.8) is 0 Å². The number of aliphatic carboxylic acids is 1. The maximum Gasteiger partial charge on any atom is 0.307 e. The predicted molar refractivity (Wildman–Crippen MR) is 68.9 cm³/mol. The number of carbonyl (C=O) groups is 1. The van der Waals surface area contributed by atoms with Crippen LogP contribution >= 0.6 is 0 Å². The van der Waals surface area contributed by atoms with Crippen molar-refractivity contribution in [1.29, 1.82) is 0 Å². The Hall–Kier alpha value is -1.43. The Morgan fingerprint density at radius 1 is 1.26 bits per heavy atom. The van der Waals surface area contributed by atoms with Crippen molar-refractivity contribution < 1.29 is 9.90 Å². The average Bonchev–Trinajstić information content (AvgIpc) is 2.82. The summed E-state index contributed by atoms with van der Waals surface area (Å²) < 4.78 is 1.91. The topological polar surface area (TPSA) is 71.2 Å². The summed E-state index contributed by atoms with van der Waals surface area (Å²) in [5.41, 5.74) is 0. The molecule has 1 atom stereocenters. The molecule has 0 amide bonds. The number of likely N-dealkylation sites (tertiary alicyclic amines) is 1. The minimum atomic E-state index is -0.713. The molecule has 1 aromatic rings. The van der Waals surface area contributed by atoms with E-state index >= 15 is 0 Å². The number of hydrogen-bond acceptors (Lipinski definition) is 4. The lowest BCUT2D eigenvalue weighted by atomic mass is 9.96. The van der Waals surface area contributed by atoms with Crippen LogP contribution in [-0.4, -0.2) is 50.9 Å². The molecule has 3 rings (SSSR count). The van der Waals surface area contributed by atoms with Gasteiger partial charge in [0, 0.05) is 18.9 Å². The van der Waals surface area contributed by atoms with Gasteiger partial charge < -0.3 is 10.0 Å². The van der Waals surface area contributed by atoms with Crippen molar-refractivity contribution in [1.82, 2.24) is 19.7 Å². The third-order valence-corrected chi connectivity index (χ3v) is 4.32. The minimum absolute atomic E-state index is 0.290. The SMILES string of the molecule is CN1CCC(c2nc3n(n2)CCC(C(=O)O)C3)CC1. The van der Waals surface area contributed by atoms with Gasteiger partial charge in [-0.2, -0.15) is 5.10 Å². The van der Waals surface area contributed by atoms with Gasteiger partial charge in [-0.05, 0) is 39.4 Å². The Labute approximate surface area is 112 Å². The second-order valence-corrected chi connectivity index (χ2v) is 5.71. The van der Waals surface area contributed by atoms with Crippen LogP contribution in [0, 0.1) is 5.92 Å². The summed E-state index contributed by atoms with van der Waals surface area (Å²) in [5.74, 6) is 1.22. The Kier molecular flexibility index (Phi) is 3.26. The van der Waals surface area contributed by atoms with E-state index in [1.165, 1.54) is 0 Å². The number of rotatable bonds is 2. The first-order valence-electron chi connectivity index (χ1n) is 6.98. The third kappa shape index (κ3) is 2.49. The molecule has 2 aliphatic heterocycles. The van der Waals surface area contributed by atoms with Crippen LogP contribution < -0.4 is 0 Å². The highest BCUT2D eigenvalue weighted by atomic mass is 16.4. The number of hydrogen-bond donors (Lipinski definition) is 1. The molecule has 1 saturated heterocycles. The molecule has 0 radical (unpaired) electrons. The maximum atomic E-state index is 11.0. The number of carboxylic acid groups (broad SMARTS) is 1. The molecule has 0 bridgehead atoms. The van der Waals surface area contributed by atoms with Crippen molar-refractivity contribution in [3.8, 4) is 0 Å². The first-order valence-corrected chi connectivity index (χ1v) is 6.98. The van der Waals surface area contributed by atoms with Crippen LogP contribution in [0.4, 0.5) is 0 Å². The summed E-state index contributed by atoms with van der Waals surface area (Å²) in [6.45, 7) is 2.87. The number of fused-ring (bicyclic) bond motifs is 1. The number of piperidine rings is 1. The van der Waals surface area contributed by atoms with Gasteiger partial charge in [0.1, 0.15) is 5.82 Å². The zero-order chi connectivity index (χ0) is 13.4. The zero-order valence-corrected chi connectivity index (χ0v) is 11.2. The average molecular weight is 264 g/mol. The number of carboxylic acids is 1. The van der Waals surface area contributed by atoms with Crippen LogP contribution in [0.25, 0.3) is 0 Å². The highest BCUT2D eigenvalue weighted by Gasteiger charge is 2.29. The summed E-state index contributed by atoms with van der Waals surface area (Å²) in [6, 6.07) is 0. The fourth-order valence-corrected chi connectivity index (χ4v) is 2.97. The minimum Gasteiger partial charge on any atom is -0.481 e. The second kappa shape index (κ2) is 4.92. The third-order valence-electron chi connectivity index (χ3n) is 4.32. The highest BCUT2D eigenvalue weighted by molar-refractivity contribution is 5.70. The van der Waals surface area contributed by atoms with Gasteiger partial charge in [-0.25, -0.2) is 9.67 Å². The summed E-state index contributed by atoms with van der Waals surface area (Å²) in [4.78, 5) is 18.0. The van der Waals surface area contributed by atoms with Gasteiger partial charge in [0.05, 0.1) is 5.92 Å². The Morgan fingerprint density at radius 3 is 2.68 bits per heavy atom. The van der Waals surface area contributed by atoms with Crippen LogP contribution in [0.15, 0.2) is 0 Å². The van der Waals surface area contributed by atoms with E-state index in [2.05, 4.69) is 22.0 Å². The molecule has 1 unspecified atom stereocenters. The van der Waals surface area contributed by atoms with E-state index in [1.807, 2.05) is 4.68 Å². The lowest BCUT2D eigenvalue weighted by Gasteiger charge is -2.27. The lowest BCUT2D eigenvalue weighted by molar-refractivity contribution is -0.142. The van der Waals surface area contributed by atoms with Gasteiger partial charge in [0.15, 0.2) is 5.82 Å². The van der Waals surface area contributed by atoms with Gasteiger partial charge in [0.2, 0.25) is 0 Å². The molecular formula is C13H20N4O2. The molecule has 0 saturated carbocycles. The highest BCUT2D eigenvalue weighted by Crippen LogP contribution is 2.27. The van der Waals surface area contributed by atoms with Gasteiger partial charge in [-0.15, -0.1) is 0 Å². The van der Waals surface area contributed by atoms with E-state index in [1.54, 1.807) is 0 Å². The molecule has 0 aliphatic carbocycles. The Balaban J connectivity index is 1.74. The Morgan fingerprint density at radius 2 is 2.00 bits per heavy atom. The molecule has 0 aromatic carbocycles. The van der Waals surface area contributed by atoms with Crippen LogP contribution in [-0.2, 0) is 17.8 Å². The molecule has 19 heavy (non-hydrogen) atoms. The zero-order valence-electron chi connectivity index (χ0n) is 11.2. The van der Waals surface area contributed by atoms with E-state index < -0.39 is 5.97 Å². The quantitative estimate of drug-likeness (QED) is 0.853. The predicted octanol–water partition coefficient (Wildman–Crippen LogP) is 0.734. The van der Waals surface area contributed by atoms with Crippen molar-refractivity contribution >= 4 is 5.97 Å². The smallest absolute Gasteiger partial charge is 0.307 e. The fraction of sp³-hybridized carbons (Fsp3) is 0.769. The molecular weight excluding hydrogens is 244 g/mol. The largest absolute Gasteiger partial charge is 0.481 e.